The number of nitrogens with one attached hydrogen (secondary N) is 1. The van der Waals surface area contributed by atoms with E-state index in [4.69, 9.17) is 4.74 Å². The lowest BCUT2D eigenvalue weighted by atomic mass is 10.1. The number of pyridine rings is 1. The zero-order valence-electron chi connectivity index (χ0n) is 12.6. The summed E-state index contributed by atoms with van der Waals surface area (Å²) in [6.07, 6.45) is 2.70. The van der Waals surface area contributed by atoms with Crippen molar-refractivity contribution in [2.45, 2.75) is 40.7 Å². The van der Waals surface area contributed by atoms with Gasteiger partial charge in [-0.15, -0.1) is 6.58 Å². The normalized spacial score (nSPS) is 10.8. The third-order valence-electron chi connectivity index (χ3n) is 2.85. The van der Waals surface area contributed by atoms with Crippen LogP contribution in [0.4, 0.5) is 0 Å². The van der Waals surface area contributed by atoms with Gasteiger partial charge in [-0.05, 0) is 44.4 Å². The largest absolute Gasteiger partial charge is 0.477 e. The first-order valence-electron chi connectivity index (χ1n) is 6.96. The second-order valence-corrected chi connectivity index (χ2v) is 5.31. The van der Waals surface area contributed by atoms with Gasteiger partial charge in [-0.1, -0.05) is 19.9 Å². The summed E-state index contributed by atoms with van der Waals surface area (Å²) in [5, 5.41) is 3.45. The van der Waals surface area contributed by atoms with E-state index >= 15 is 0 Å². The van der Waals surface area contributed by atoms with Gasteiger partial charge in [-0.2, -0.15) is 0 Å². The van der Waals surface area contributed by atoms with Gasteiger partial charge >= 0.3 is 0 Å². The highest BCUT2D eigenvalue weighted by molar-refractivity contribution is 5.35. The second-order valence-electron chi connectivity index (χ2n) is 5.31. The number of nitrogens with zero attached hydrogens (tertiary/aromatic N) is 1. The molecule has 0 aliphatic heterocycles. The molecule has 0 spiro atoms. The molecule has 0 aliphatic rings. The van der Waals surface area contributed by atoms with Crippen LogP contribution in [0.25, 0.3) is 0 Å². The third kappa shape index (κ3) is 5.43. The van der Waals surface area contributed by atoms with Crippen molar-refractivity contribution in [3.05, 3.63) is 35.5 Å². The van der Waals surface area contributed by atoms with Gasteiger partial charge in [0.25, 0.3) is 0 Å². The molecule has 0 unspecified atom stereocenters. The minimum atomic E-state index is 0.635. The maximum atomic E-state index is 5.77. The molecule has 1 aromatic rings. The second kappa shape index (κ2) is 7.95. The number of hydrogen-bond donors (Lipinski definition) is 1. The maximum Gasteiger partial charge on any atom is 0.218 e. The summed E-state index contributed by atoms with van der Waals surface area (Å²) in [6, 6.07) is 2.10. The Hall–Kier alpha value is -1.35. The number of aryl methyl sites for hydroxylation is 2. The fourth-order valence-corrected chi connectivity index (χ4v) is 1.89. The molecule has 106 valence electrons. The average Bonchev–Trinajstić information content (AvgIpc) is 2.32. The molecule has 0 aliphatic carbocycles. The van der Waals surface area contributed by atoms with Gasteiger partial charge in [0, 0.05) is 17.8 Å². The summed E-state index contributed by atoms with van der Waals surface area (Å²) in [7, 11) is 0. The summed E-state index contributed by atoms with van der Waals surface area (Å²) >= 11 is 0. The summed E-state index contributed by atoms with van der Waals surface area (Å²) in [4.78, 5) is 4.51. The molecule has 0 atom stereocenters. The summed E-state index contributed by atoms with van der Waals surface area (Å²) < 4.78 is 5.77. The predicted octanol–water partition coefficient (Wildman–Crippen LogP) is 3.40. The fraction of sp³-hybridized carbons (Fsp3) is 0.562. The van der Waals surface area contributed by atoms with Crippen LogP contribution in [0, 0.1) is 19.8 Å². The lowest BCUT2D eigenvalue weighted by Crippen LogP contribution is -2.20. The van der Waals surface area contributed by atoms with E-state index in [9.17, 15) is 0 Å². The van der Waals surface area contributed by atoms with E-state index in [-0.39, 0.29) is 0 Å². The molecule has 3 heteroatoms. The van der Waals surface area contributed by atoms with E-state index in [1.807, 2.05) is 13.0 Å². The molecular weight excluding hydrogens is 236 g/mol. The van der Waals surface area contributed by atoms with Crippen molar-refractivity contribution >= 4 is 0 Å². The van der Waals surface area contributed by atoms with E-state index in [0.717, 1.165) is 36.6 Å². The standard InChI is InChI=1S/C16H26N2O/c1-6-7-8-19-16-15(11-17-10-12(2)3)13(4)9-14(5)18-16/h6,9,12,17H,1,7-8,10-11H2,2-5H3. The first-order chi connectivity index (χ1) is 9.04. The van der Waals surface area contributed by atoms with Gasteiger partial charge in [0.2, 0.25) is 5.88 Å². The van der Waals surface area contributed by atoms with Crippen LogP contribution in [-0.4, -0.2) is 18.1 Å². The van der Waals surface area contributed by atoms with Crippen molar-refractivity contribution in [2.24, 2.45) is 5.92 Å². The SMILES string of the molecule is C=CCCOc1nc(C)cc(C)c1CNCC(C)C. The van der Waals surface area contributed by atoms with Crippen molar-refractivity contribution in [3.8, 4) is 5.88 Å². The van der Waals surface area contributed by atoms with Crippen LogP contribution in [0.1, 0.15) is 37.1 Å². The van der Waals surface area contributed by atoms with Crippen molar-refractivity contribution in [2.75, 3.05) is 13.2 Å². The van der Waals surface area contributed by atoms with Crippen LogP contribution in [0.5, 0.6) is 5.88 Å². The highest BCUT2D eigenvalue weighted by Crippen LogP contribution is 2.21. The van der Waals surface area contributed by atoms with E-state index < -0.39 is 0 Å². The van der Waals surface area contributed by atoms with Crippen molar-refractivity contribution < 1.29 is 4.74 Å². The van der Waals surface area contributed by atoms with Gasteiger partial charge in [0.1, 0.15) is 0 Å². The summed E-state index contributed by atoms with van der Waals surface area (Å²) in [6.45, 7) is 14.7. The van der Waals surface area contributed by atoms with Crippen LogP contribution >= 0.6 is 0 Å². The molecule has 0 radical (unpaired) electrons. The third-order valence-corrected chi connectivity index (χ3v) is 2.85. The van der Waals surface area contributed by atoms with E-state index in [1.54, 1.807) is 0 Å². The maximum absolute atomic E-state index is 5.77. The summed E-state index contributed by atoms with van der Waals surface area (Å²) in [5.41, 5.74) is 3.39. The Labute approximate surface area is 117 Å². The minimum absolute atomic E-state index is 0.635. The fourth-order valence-electron chi connectivity index (χ4n) is 1.89. The number of rotatable bonds is 8. The molecule has 3 nitrogen and oxygen atoms in total. The number of hydrogen-bond acceptors (Lipinski definition) is 3. The Morgan fingerprint density at radius 2 is 2.16 bits per heavy atom. The molecule has 0 amide bonds. The van der Waals surface area contributed by atoms with Crippen LogP contribution in [0.15, 0.2) is 18.7 Å². The quantitative estimate of drug-likeness (QED) is 0.576. The molecule has 0 fully saturated rings. The Morgan fingerprint density at radius 1 is 1.42 bits per heavy atom. The van der Waals surface area contributed by atoms with Gasteiger partial charge in [0.05, 0.1) is 6.61 Å². The zero-order chi connectivity index (χ0) is 14.3. The molecule has 1 aromatic heterocycles. The van der Waals surface area contributed by atoms with E-state index in [2.05, 4.69) is 43.7 Å². The van der Waals surface area contributed by atoms with Crippen LogP contribution in [-0.2, 0) is 6.54 Å². The topological polar surface area (TPSA) is 34.1 Å². The van der Waals surface area contributed by atoms with Crippen LogP contribution in [0.3, 0.4) is 0 Å². The van der Waals surface area contributed by atoms with Crippen LogP contribution in [0.2, 0.25) is 0 Å². The summed E-state index contributed by atoms with van der Waals surface area (Å²) in [5.74, 6) is 1.40. The van der Waals surface area contributed by atoms with E-state index in [1.165, 1.54) is 5.56 Å². The molecule has 19 heavy (non-hydrogen) atoms. The lowest BCUT2D eigenvalue weighted by Gasteiger charge is -2.15. The highest BCUT2D eigenvalue weighted by atomic mass is 16.5. The number of ether oxygens (including phenoxy) is 1. The number of aromatic nitrogens is 1. The van der Waals surface area contributed by atoms with E-state index in [0.29, 0.717) is 12.5 Å². The smallest absolute Gasteiger partial charge is 0.218 e. The molecule has 1 rings (SSSR count). The minimum Gasteiger partial charge on any atom is -0.477 e. The van der Waals surface area contributed by atoms with Gasteiger partial charge in [-0.25, -0.2) is 4.98 Å². The Kier molecular flexibility index (Phi) is 6.57. The van der Waals surface area contributed by atoms with Crippen molar-refractivity contribution in [1.29, 1.82) is 0 Å². The Balaban J connectivity index is 2.77. The Morgan fingerprint density at radius 3 is 2.79 bits per heavy atom. The first kappa shape index (κ1) is 15.7. The molecule has 0 bridgehead atoms. The Bertz CT molecular complexity index is 413. The lowest BCUT2D eigenvalue weighted by molar-refractivity contribution is 0.306. The van der Waals surface area contributed by atoms with Crippen LogP contribution < -0.4 is 10.1 Å². The average molecular weight is 262 g/mol. The highest BCUT2D eigenvalue weighted by Gasteiger charge is 2.10. The molecule has 0 aromatic carbocycles. The van der Waals surface area contributed by atoms with Crippen molar-refractivity contribution in [3.63, 3.8) is 0 Å². The zero-order valence-corrected chi connectivity index (χ0v) is 12.6. The van der Waals surface area contributed by atoms with Gasteiger partial charge in [-0.3, -0.25) is 0 Å². The molecule has 1 heterocycles. The first-order valence-corrected chi connectivity index (χ1v) is 6.96. The molecule has 0 saturated heterocycles. The van der Waals surface area contributed by atoms with Crippen molar-refractivity contribution in [1.82, 2.24) is 10.3 Å². The van der Waals surface area contributed by atoms with Gasteiger partial charge < -0.3 is 10.1 Å². The molecule has 0 saturated carbocycles. The predicted molar refractivity (Wildman–Crippen MR) is 80.6 cm³/mol. The monoisotopic (exact) mass is 262 g/mol. The molecule has 1 N–H and O–H groups in total. The van der Waals surface area contributed by atoms with Gasteiger partial charge in [0.15, 0.2) is 0 Å². The molecular formula is C16H26N2O.